The summed E-state index contributed by atoms with van der Waals surface area (Å²) in [4.78, 5) is 28.8. The SMILES string of the molecule is Cc1nn(C2CCN(C(=O)C(C)c3ccccc3C(F)(F)F)CC2)c(=O)[nH]1. The van der Waals surface area contributed by atoms with Gasteiger partial charge in [-0.2, -0.15) is 18.3 Å². The number of nitrogens with zero attached hydrogens (tertiary/aromatic N) is 3. The average molecular weight is 382 g/mol. The van der Waals surface area contributed by atoms with Gasteiger partial charge in [-0.3, -0.25) is 9.78 Å². The van der Waals surface area contributed by atoms with E-state index in [1.165, 1.54) is 29.8 Å². The second kappa shape index (κ2) is 7.21. The van der Waals surface area contributed by atoms with Gasteiger partial charge in [-0.15, -0.1) is 0 Å². The summed E-state index contributed by atoms with van der Waals surface area (Å²) in [6.07, 6.45) is -3.44. The van der Waals surface area contributed by atoms with E-state index in [4.69, 9.17) is 0 Å². The Morgan fingerprint density at radius 3 is 2.44 bits per heavy atom. The standard InChI is InChI=1S/C18H21F3N4O2/c1-11(14-5-3-4-6-15(14)18(19,20)21)16(26)24-9-7-13(8-10-24)25-17(27)22-12(2)23-25/h3-6,11,13H,7-10H2,1-2H3,(H,22,23,27). The quantitative estimate of drug-likeness (QED) is 0.887. The summed E-state index contributed by atoms with van der Waals surface area (Å²) < 4.78 is 41.1. The number of benzene rings is 1. The number of nitrogens with one attached hydrogen (secondary N) is 1. The molecule has 0 radical (unpaired) electrons. The lowest BCUT2D eigenvalue weighted by atomic mass is 9.93. The molecule has 1 aromatic carbocycles. The molecule has 1 aliphatic rings. The number of aryl methyl sites for hydroxylation is 1. The van der Waals surface area contributed by atoms with E-state index in [1.807, 2.05) is 0 Å². The fourth-order valence-corrected chi connectivity index (χ4v) is 3.56. The predicted octanol–water partition coefficient (Wildman–Crippen LogP) is 2.87. The van der Waals surface area contributed by atoms with Crippen molar-refractivity contribution in [2.45, 2.75) is 44.8 Å². The number of hydrogen-bond donors (Lipinski definition) is 1. The van der Waals surface area contributed by atoms with Crippen LogP contribution >= 0.6 is 0 Å². The minimum absolute atomic E-state index is 0.0173. The van der Waals surface area contributed by atoms with Crippen LogP contribution in [0.2, 0.25) is 0 Å². The van der Waals surface area contributed by atoms with Gasteiger partial charge in [0, 0.05) is 13.1 Å². The molecule has 1 atom stereocenters. The lowest BCUT2D eigenvalue weighted by molar-refractivity contribution is -0.139. The van der Waals surface area contributed by atoms with Crippen LogP contribution in [0.4, 0.5) is 13.2 Å². The Morgan fingerprint density at radius 1 is 1.26 bits per heavy atom. The molecule has 1 aromatic heterocycles. The van der Waals surface area contributed by atoms with Gasteiger partial charge < -0.3 is 4.90 Å². The first kappa shape index (κ1) is 19.2. The van der Waals surface area contributed by atoms with Crippen LogP contribution in [0.15, 0.2) is 29.1 Å². The second-order valence-electron chi connectivity index (χ2n) is 6.82. The number of halogens is 3. The van der Waals surface area contributed by atoms with Crippen LogP contribution in [0.1, 0.15) is 48.7 Å². The first-order valence-corrected chi connectivity index (χ1v) is 8.79. The predicted molar refractivity (Wildman–Crippen MR) is 92.3 cm³/mol. The summed E-state index contributed by atoms with van der Waals surface area (Å²) in [5.74, 6) is -0.707. The first-order chi connectivity index (χ1) is 12.7. The number of aromatic amines is 1. The Bertz CT molecular complexity index is 879. The van der Waals surface area contributed by atoms with Crippen molar-refractivity contribution in [1.29, 1.82) is 0 Å². The molecule has 1 aliphatic heterocycles. The largest absolute Gasteiger partial charge is 0.416 e. The molecule has 6 nitrogen and oxygen atoms in total. The summed E-state index contributed by atoms with van der Waals surface area (Å²) in [7, 11) is 0. The van der Waals surface area contributed by atoms with Crippen LogP contribution in [0, 0.1) is 6.92 Å². The molecule has 9 heteroatoms. The Hall–Kier alpha value is -2.58. The van der Waals surface area contributed by atoms with E-state index in [2.05, 4.69) is 10.1 Å². The fraction of sp³-hybridized carbons (Fsp3) is 0.500. The van der Waals surface area contributed by atoms with Gasteiger partial charge >= 0.3 is 11.9 Å². The number of likely N-dealkylation sites (tertiary alicyclic amines) is 1. The molecule has 1 amide bonds. The third-order valence-corrected chi connectivity index (χ3v) is 4.98. The second-order valence-corrected chi connectivity index (χ2v) is 6.82. The van der Waals surface area contributed by atoms with E-state index in [1.54, 1.807) is 11.8 Å². The topological polar surface area (TPSA) is 71.0 Å². The molecular formula is C18H21F3N4O2. The summed E-state index contributed by atoms with van der Waals surface area (Å²) >= 11 is 0. The fourth-order valence-electron chi connectivity index (χ4n) is 3.56. The van der Waals surface area contributed by atoms with Crippen molar-refractivity contribution in [3.8, 4) is 0 Å². The zero-order chi connectivity index (χ0) is 19.8. The molecule has 1 fully saturated rings. The summed E-state index contributed by atoms with van der Waals surface area (Å²) in [6.45, 7) is 3.94. The van der Waals surface area contributed by atoms with Crippen LogP contribution in [0.25, 0.3) is 0 Å². The van der Waals surface area contributed by atoms with Gasteiger partial charge in [-0.1, -0.05) is 18.2 Å². The van der Waals surface area contributed by atoms with Crippen LogP contribution in [-0.4, -0.2) is 38.7 Å². The van der Waals surface area contributed by atoms with Gasteiger partial charge in [-0.25, -0.2) is 9.48 Å². The maximum atomic E-state index is 13.2. The Labute approximate surface area is 154 Å². The number of alkyl halides is 3. The van der Waals surface area contributed by atoms with Crippen LogP contribution in [0.5, 0.6) is 0 Å². The summed E-state index contributed by atoms with van der Waals surface area (Å²) in [5, 5.41) is 4.15. The Kier molecular flexibility index (Phi) is 5.12. The number of carbonyl (C=O) groups is 1. The molecule has 27 heavy (non-hydrogen) atoms. The van der Waals surface area contributed by atoms with Gasteiger partial charge in [0.25, 0.3) is 0 Å². The molecule has 3 rings (SSSR count). The van der Waals surface area contributed by atoms with Gasteiger partial charge in [0.15, 0.2) is 0 Å². The van der Waals surface area contributed by atoms with E-state index in [-0.39, 0.29) is 23.2 Å². The van der Waals surface area contributed by atoms with E-state index >= 15 is 0 Å². The Morgan fingerprint density at radius 2 is 1.89 bits per heavy atom. The van der Waals surface area contributed by atoms with Crippen LogP contribution < -0.4 is 5.69 Å². The average Bonchev–Trinajstić information content (AvgIpc) is 2.98. The molecule has 0 saturated carbocycles. The smallest absolute Gasteiger partial charge is 0.342 e. The maximum absolute atomic E-state index is 13.2. The number of amides is 1. The molecule has 0 aliphatic carbocycles. The van der Waals surface area contributed by atoms with E-state index in [9.17, 15) is 22.8 Å². The zero-order valence-corrected chi connectivity index (χ0v) is 15.1. The van der Waals surface area contributed by atoms with Gasteiger partial charge in [0.05, 0.1) is 17.5 Å². The number of carbonyl (C=O) groups excluding carboxylic acids is 1. The van der Waals surface area contributed by atoms with E-state index in [0.717, 1.165) is 6.07 Å². The lowest BCUT2D eigenvalue weighted by Crippen LogP contribution is -2.42. The van der Waals surface area contributed by atoms with E-state index in [0.29, 0.717) is 31.8 Å². The monoisotopic (exact) mass is 382 g/mol. The molecule has 1 saturated heterocycles. The van der Waals surface area contributed by atoms with Gasteiger partial charge in [0.1, 0.15) is 5.82 Å². The number of hydrogen-bond acceptors (Lipinski definition) is 3. The van der Waals surface area contributed by atoms with Gasteiger partial charge in [-0.05, 0) is 38.3 Å². The van der Waals surface area contributed by atoms with Crippen molar-refractivity contribution in [3.63, 3.8) is 0 Å². The highest BCUT2D eigenvalue weighted by atomic mass is 19.4. The zero-order valence-electron chi connectivity index (χ0n) is 15.1. The molecule has 2 aromatic rings. The number of rotatable bonds is 3. The first-order valence-electron chi connectivity index (χ1n) is 8.79. The van der Waals surface area contributed by atoms with Crippen molar-refractivity contribution in [2.24, 2.45) is 0 Å². The minimum Gasteiger partial charge on any atom is -0.342 e. The molecule has 1 N–H and O–H groups in total. The third-order valence-electron chi connectivity index (χ3n) is 4.98. The molecule has 0 bridgehead atoms. The third kappa shape index (κ3) is 3.91. The van der Waals surface area contributed by atoms with Crippen molar-refractivity contribution in [2.75, 3.05) is 13.1 Å². The minimum atomic E-state index is -4.50. The van der Waals surface area contributed by atoms with Crippen molar-refractivity contribution in [1.82, 2.24) is 19.7 Å². The van der Waals surface area contributed by atoms with Crippen molar-refractivity contribution >= 4 is 5.91 Å². The normalized spacial score (nSPS) is 17.1. The number of piperidine rings is 1. The lowest BCUT2D eigenvalue weighted by Gasteiger charge is -2.33. The summed E-state index contributed by atoms with van der Waals surface area (Å²) in [5.41, 5.74) is -1.08. The molecule has 146 valence electrons. The Balaban J connectivity index is 1.71. The molecule has 2 heterocycles. The van der Waals surface area contributed by atoms with Crippen molar-refractivity contribution < 1.29 is 18.0 Å². The van der Waals surface area contributed by atoms with Crippen LogP contribution in [0.3, 0.4) is 0 Å². The molecular weight excluding hydrogens is 361 g/mol. The maximum Gasteiger partial charge on any atom is 0.416 e. The molecule has 1 unspecified atom stereocenters. The molecule has 0 spiro atoms. The highest BCUT2D eigenvalue weighted by Gasteiger charge is 2.37. The number of H-pyrrole nitrogens is 1. The number of aromatic nitrogens is 3. The summed E-state index contributed by atoms with van der Waals surface area (Å²) in [6, 6.07) is 5.05. The van der Waals surface area contributed by atoms with Crippen LogP contribution in [-0.2, 0) is 11.0 Å². The van der Waals surface area contributed by atoms with Gasteiger partial charge in [0.2, 0.25) is 5.91 Å². The van der Waals surface area contributed by atoms with E-state index < -0.39 is 17.7 Å². The highest BCUT2D eigenvalue weighted by Crippen LogP contribution is 2.36. The van der Waals surface area contributed by atoms with Crippen molar-refractivity contribution in [3.05, 3.63) is 51.7 Å². The highest BCUT2D eigenvalue weighted by molar-refractivity contribution is 5.84.